The number of carbonyl (C=O) groups is 1. The fourth-order valence-electron chi connectivity index (χ4n) is 6.18. The van der Waals surface area contributed by atoms with E-state index in [-0.39, 0.29) is 23.5 Å². The maximum atomic E-state index is 13.4. The second kappa shape index (κ2) is 7.94. The van der Waals surface area contributed by atoms with Crippen LogP contribution in [0.5, 0.6) is 5.75 Å². The van der Waals surface area contributed by atoms with Gasteiger partial charge in [0.1, 0.15) is 17.9 Å². The van der Waals surface area contributed by atoms with Crippen LogP contribution in [0.2, 0.25) is 0 Å². The molecule has 1 aromatic carbocycles. The SMILES string of the molecule is CN1C(=O)c2cccc(OC(F)F)c2C2CC1c1nn3cnc(-c4cnc(C5(N)CC(F)(F)C5)nc4)cc3c12. The zero-order chi connectivity index (χ0) is 27.3. The molecule has 2 bridgehead atoms. The van der Waals surface area contributed by atoms with Crippen LogP contribution in [0.4, 0.5) is 17.6 Å². The molecular weight excluding hydrogens is 518 g/mol. The smallest absolute Gasteiger partial charge is 0.387 e. The highest BCUT2D eigenvalue weighted by Crippen LogP contribution is 2.53. The van der Waals surface area contributed by atoms with Gasteiger partial charge < -0.3 is 15.4 Å². The molecule has 1 saturated carbocycles. The van der Waals surface area contributed by atoms with Gasteiger partial charge in [0.15, 0.2) is 0 Å². The summed E-state index contributed by atoms with van der Waals surface area (Å²) in [7, 11) is 1.67. The molecule has 4 heterocycles. The van der Waals surface area contributed by atoms with E-state index in [0.29, 0.717) is 40.0 Å². The number of nitrogens with two attached hydrogens (primary N) is 1. The monoisotopic (exact) mass is 539 g/mol. The summed E-state index contributed by atoms with van der Waals surface area (Å²) in [6, 6.07) is 6.01. The second-order valence-electron chi connectivity index (χ2n) is 10.4. The minimum Gasteiger partial charge on any atom is -0.434 e. The molecule has 200 valence electrons. The number of nitrogens with zero attached hydrogens (tertiary/aromatic N) is 6. The van der Waals surface area contributed by atoms with Gasteiger partial charge in [-0.25, -0.2) is 28.2 Å². The molecule has 0 saturated heterocycles. The highest BCUT2D eigenvalue weighted by molar-refractivity contribution is 5.98. The number of amides is 1. The van der Waals surface area contributed by atoms with Crippen molar-refractivity contribution in [2.45, 2.75) is 49.3 Å². The molecule has 7 rings (SSSR count). The number of hydrogen-bond donors (Lipinski definition) is 1. The molecule has 2 unspecified atom stereocenters. The van der Waals surface area contributed by atoms with Crippen LogP contribution < -0.4 is 10.5 Å². The Morgan fingerprint density at radius 2 is 1.87 bits per heavy atom. The number of aromatic nitrogens is 5. The van der Waals surface area contributed by atoms with E-state index in [2.05, 4.69) is 15.0 Å². The minimum atomic E-state index is -3.05. The van der Waals surface area contributed by atoms with Gasteiger partial charge in [-0.2, -0.15) is 13.9 Å². The first-order valence-electron chi connectivity index (χ1n) is 12.3. The molecule has 3 aliphatic rings. The maximum absolute atomic E-state index is 13.4. The van der Waals surface area contributed by atoms with E-state index in [9.17, 15) is 22.4 Å². The Morgan fingerprint density at radius 1 is 1.13 bits per heavy atom. The van der Waals surface area contributed by atoms with Gasteiger partial charge in [0.2, 0.25) is 0 Å². The number of alkyl halides is 4. The Hall–Kier alpha value is -4.13. The van der Waals surface area contributed by atoms with Crippen molar-refractivity contribution in [2.75, 3.05) is 7.05 Å². The Morgan fingerprint density at radius 3 is 2.56 bits per heavy atom. The Balaban J connectivity index is 1.33. The minimum absolute atomic E-state index is 0.0438. The molecule has 1 aliphatic heterocycles. The number of halogens is 4. The van der Waals surface area contributed by atoms with E-state index in [1.807, 2.05) is 0 Å². The van der Waals surface area contributed by atoms with E-state index in [1.165, 1.54) is 30.9 Å². The summed E-state index contributed by atoms with van der Waals surface area (Å²) in [6.45, 7) is -3.05. The number of hydrogen-bond acceptors (Lipinski definition) is 7. The highest BCUT2D eigenvalue weighted by atomic mass is 19.3. The third-order valence-electron chi connectivity index (χ3n) is 7.91. The summed E-state index contributed by atoms with van der Waals surface area (Å²) >= 11 is 0. The lowest BCUT2D eigenvalue weighted by Gasteiger charge is -2.42. The van der Waals surface area contributed by atoms with Gasteiger partial charge in [0, 0.05) is 60.5 Å². The Bertz CT molecular complexity index is 1650. The predicted octanol–water partition coefficient (Wildman–Crippen LogP) is 4.03. The number of rotatable bonds is 4. The van der Waals surface area contributed by atoms with Gasteiger partial charge in [-0.05, 0) is 24.6 Å². The molecule has 2 N–H and O–H groups in total. The first-order valence-corrected chi connectivity index (χ1v) is 12.3. The summed E-state index contributed by atoms with van der Waals surface area (Å²) in [5, 5.41) is 4.69. The van der Waals surface area contributed by atoms with Crippen LogP contribution in [0, 0.1) is 0 Å². The molecular formula is C26H21F4N7O2. The predicted molar refractivity (Wildman–Crippen MR) is 128 cm³/mol. The molecule has 39 heavy (non-hydrogen) atoms. The quantitative estimate of drug-likeness (QED) is 0.390. The van der Waals surface area contributed by atoms with Gasteiger partial charge in [0.05, 0.1) is 28.5 Å². The lowest BCUT2D eigenvalue weighted by atomic mass is 9.73. The molecule has 2 atom stereocenters. The highest BCUT2D eigenvalue weighted by Gasteiger charge is 2.57. The van der Waals surface area contributed by atoms with Crippen molar-refractivity contribution in [1.82, 2.24) is 29.5 Å². The summed E-state index contributed by atoms with van der Waals surface area (Å²) < 4.78 is 59.9. The van der Waals surface area contributed by atoms with E-state index < -0.39 is 36.8 Å². The van der Waals surface area contributed by atoms with Gasteiger partial charge >= 0.3 is 6.61 Å². The van der Waals surface area contributed by atoms with Crippen molar-refractivity contribution in [3.05, 3.63) is 71.2 Å². The average Bonchev–Trinajstić information content (AvgIpc) is 3.40. The van der Waals surface area contributed by atoms with Crippen LogP contribution in [0.1, 0.15) is 64.2 Å². The topological polar surface area (TPSA) is 112 Å². The van der Waals surface area contributed by atoms with Gasteiger partial charge in [-0.3, -0.25) is 4.79 Å². The summed E-state index contributed by atoms with van der Waals surface area (Å²) in [5.41, 5.74) is 8.69. The number of fused-ring (bicyclic) bond motifs is 9. The zero-order valence-corrected chi connectivity index (χ0v) is 20.5. The largest absolute Gasteiger partial charge is 0.434 e. The van der Waals surface area contributed by atoms with E-state index in [0.717, 1.165) is 5.56 Å². The second-order valence-corrected chi connectivity index (χ2v) is 10.4. The Kier molecular flexibility index (Phi) is 4.88. The first-order chi connectivity index (χ1) is 18.5. The average molecular weight is 539 g/mol. The summed E-state index contributed by atoms with van der Waals surface area (Å²) in [6.07, 6.45) is 3.94. The lowest BCUT2D eigenvalue weighted by Crippen LogP contribution is -2.56. The first kappa shape index (κ1) is 23.9. The van der Waals surface area contributed by atoms with Gasteiger partial charge in [-0.1, -0.05) is 6.07 Å². The molecule has 9 nitrogen and oxygen atoms in total. The van der Waals surface area contributed by atoms with Crippen LogP contribution in [-0.4, -0.2) is 55.0 Å². The number of carbonyl (C=O) groups excluding carboxylic acids is 1. The molecule has 13 heteroatoms. The molecule has 1 amide bonds. The van der Waals surface area contributed by atoms with Crippen LogP contribution in [0.3, 0.4) is 0 Å². The molecule has 1 fully saturated rings. The molecule has 3 aromatic heterocycles. The van der Waals surface area contributed by atoms with Crippen LogP contribution in [-0.2, 0) is 5.54 Å². The van der Waals surface area contributed by atoms with Crippen molar-refractivity contribution in [1.29, 1.82) is 0 Å². The van der Waals surface area contributed by atoms with E-state index in [1.54, 1.807) is 28.6 Å². The van der Waals surface area contributed by atoms with Gasteiger partial charge in [0.25, 0.3) is 11.8 Å². The number of benzene rings is 1. The molecule has 4 aromatic rings. The van der Waals surface area contributed by atoms with Crippen molar-refractivity contribution in [2.24, 2.45) is 5.73 Å². The lowest BCUT2D eigenvalue weighted by molar-refractivity contribution is -0.127. The molecule has 0 radical (unpaired) electrons. The fourth-order valence-corrected chi connectivity index (χ4v) is 6.18. The number of ether oxygens (including phenoxy) is 1. The van der Waals surface area contributed by atoms with Crippen molar-refractivity contribution in [3.8, 4) is 17.0 Å². The van der Waals surface area contributed by atoms with Crippen molar-refractivity contribution < 1.29 is 27.1 Å². The molecule has 2 aliphatic carbocycles. The van der Waals surface area contributed by atoms with Crippen molar-refractivity contribution >= 4 is 11.4 Å². The molecule has 0 spiro atoms. The third-order valence-corrected chi connectivity index (χ3v) is 7.91. The standard InChI is InChI=1S/C26H21F4N7O2/c1-36-17-5-14(19-13(22(36)38)3-2-4-18(19)39-24(27)28)20-16-6-15(34-11-37(16)35-21(17)20)12-7-32-23(33-8-12)25(31)9-26(29,30)10-25/h2-4,6-8,11,14,17,24H,5,9-10,31H2,1H3. The fraction of sp³-hybridized carbons (Fsp3) is 0.346. The van der Waals surface area contributed by atoms with Crippen LogP contribution in [0.15, 0.2) is 43.0 Å². The zero-order valence-electron chi connectivity index (χ0n) is 20.5. The van der Waals surface area contributed by atoms with E-state index >= 15 is 0 Å². The van der Waals surface area contributed by atoms with Crippen molar-refractivity contribution in [3.63, 3.8) is 0 Å². The van der Waals surface area contributed by atoms with Gasteiger partial charge in [-0.15, -0.1) is 0 Å². The third kappa shape index (κ3) is 3.52. The Labute approximate surface area is 218 Å². The summed E-state index contributed by atoms with van der Waals surface area (Å²) in [4.78, 5) is 27.8. The maximum Gasteiger partial charge on any atom is 0.387 e. The van der Waals surface area contributed by atoms with Crippen LogP contribution >= 0.6 is 0 Å². The normalized spacial score (nSPS) is 22.4. The van der Waals surface area contributed by atoms with Crippen LogP contribution in [0.25, 0.3) is 16.8 Å². The summed E-state index contributed by atoms with van der Waals surface area (Å²) in [5.74, 6) is -3.44. The van der Waals surface area contributed by atoms with E-state index in [4.69, 9.17) is 15.6 Å².